The molecule has 0 saturated heterocycles. The van der Waals surface area contributed by atoms with E-state index in [-0.39, 0.29) is 4.90 Å². The number of benzene rings is 2. The predicted molar refractivity (Wildman–Crippen MR) is 75.2 cm³/mol. The highest BCUT2D eigenvalue weighted by molar-refractivity contribution is 7.90. The third-order valence-corrected chi connectivity index (χ3v) is 4.33. The lowest BCUT2D eigenvalue weighted by Crippen LogP contribution is -2.22. The molecule has 4 nitrogen and oxygen atoms in total. The van der Waals surface area contributed by atoms with E-state index in [2.05, 4.69) is 9.71 Å². The average Bonchev–Trinajstić information content (AvgIpc) is 2.39. The summed E-state index contributed by atoms with van der Waals surface area (Å²) in [5, 5.41) is 3.60. The lowest BCUT2D eigenvalue weighted by molar-refractivity contribution is 0.598. The molecule has 2 aromatic rings. The summed E-state index contributed by atoms with van der Waals surface area (Å²) in [4.78, 5) is 0.188. The van der Waals surface area contributed by atoms with Gasteiger partial charge >= 0.3 is 0 Å². The minimum absolute atomic E-state index is 0.188. The van der Waals surface area contributed by atoms with Crippen molar-refractivity contribution in [3.8, 4) is 0 Å². The molecule has 0 radical (unpaired) electrons. The maximum atomic E-state index is 12.1. The zero-order valence-corrected chi connectivity index (χ0v) is 11.2. The number of amidine groups is 1. The van der Waals surface area contributed by atoms with E-state index < -0.39 is 10.0 Å². The van der Waals surface area contributed by atoms with Crippen molar-refractivity contribution in [3.05, 3.63) is 59.1 Å². The molecular formula is C13H9ClN2O2S. The van der Waals surface area contributed by atoms with Crippen molar-refractivity contribution in [2.75, 3.05) is 5.32 Å². The number of para-hydroxylation sites is 1. The molecule has 0 fully saturated rings. The van der Waals surface area contributed by atoms with Crippen LogP contribution in [0.25, 0.3) is 0 Å². The number of nitrogens with one attached hydrogen (secondary N) is 1. The zero-order valence-electron chi connectivity index (χ0n) is 9.67. The molecule has 0 aliphatic carbocycles. The van der Waals surface area contributed by atoms with Crippen LogP contribution in [0.2, 0.25) is 5.02 Å². The van der Waals surface area contributed by atoms with Gasteiger partial charge in [0.25, 0.3) is 10.0 Å². The molecule has 1 aliphatic heterocycles. The molecular weight excluding hydrogens is 284 g/mol. The Bertz CT molecular complexity index is 767. The van der Waals surface area contributed by atoms with Gasteiger partial charge in [-0.15, -0.1) is 4.40 Å². The maximum absolute atomic E-state index is 12.1. The molecule has 0 atom stereocenters. The SMILES string of the molecule is O=S1(=O)N=C(c2ccc(Cl)cc2)Nc2ccccc21. The molecule has 3 rings (SSSR count). The van der Waals surface area contributed by atoms with E-state index in [0.717, 1.165) is 0 Å². The van der Waals surface area contributed by atoms with Crippen molar-refractivity contribution in [2.45, 2.75) is 4.90 Å². The Labute approximate surface area is 115 Å². The number of hydrogen-bond acceptors (Lipinski definition) is 3. The Kier molecular flexibility index (Phi) is 2.80. The van der Waals surface area contributed by atoms with Crippen LogP contribution in [0, 0.1) is 0 Å². The van der Waals surface area contributed by atoms with Crippen LogP contribution in [0.5, 0.6) is 0 Å². The van der Waals surface area contributed by atoms with Gasteiger partial charge in [0.1, 0.15) is 4.90 Å². The third-order valence-electron chi connectivity index (χ3n) is 2.75. The van der Waals surface area contributed by atoms with Crippen LogP contribution in [0.3, 0.4) is 0 Å². The van der Waals surface area contributed by atoms with E-state index in [1.54, 1.807) is 42.5 Å². The Balaban J connectivity index is 2.12. The van der Waals surface area contributed by atoms with Crippen molar-refractivity contribution in [3.63, 3.8) is 0 Å². The van der Waals surface area contributed by atoms with Gasteiger partial charge in [-0.1, -0.05) is 23.7 Å². The van der Waals surface area contributed by atoms with E-state index in [1.165, 1.54) is 6.07 Å². The zero-order chi connectivity index (χ0) is 13.5. The second-order valence-electron chi connectivity index (χ2n) is 4.04. The summed E-state index contributed by atoms with van der Waals surface area (Å²) >= 11 is 5.81. The van der Waals surface area contributed by atoms with Crippen LogP contribution in [0.1, 0.15) is 5.56 Å². The standard InChI is InChI=1S/C13H9ClN2O2S/c14-10-7-5-9(6-8-10)13-15-11-3-1-2-4-12(11)19(17,18)16-13/h1-8H,(H,15,16). The lowest BCUT2D eigenvalue weighted by Gasteiger charge is -2.18. The summed E-state index contributed by atoms with van der Waals surface area (Å²) in [6, 6.07) is 13.5. The normalized spacial score (nSPS) is 16.2. The second-order valence-corrected chi connectivity index (χ2v) is 6.05. The molecule has 0 unspecified atom stereocenters. The maximum Gasteiger partial charge on any atom is 0.286 e. The van der Waals surface area contributed by atoms with Crippen molar-refractivity contribution in [2.24, 2.45) is 4.40 Å². The van der Waals surface area contributed by atoms with E-state index in [0.29, 0.717) is 22.1 Å². The topological polar surface area (TPSA) is 58.5 Å². The first kappa shape index (κ1) is 12.2. The Morgan fingerprint density at radius 2 is 1.68 bits per heavy atom. The minimum Gasteiger partial charge on any atom is -0.338 e. The number of sulfonamides is 1. The summed E-state index contributed by atoms with van der Waals surface area (Å²) in [5.41, 5.74) is 1.20. The Morgan fingerprint density at radius 1 is 1.00 bits per heavy atom. The first-order valence-electron chi connectivity index (χ1n) is 5.53. The Hall–Kier alpha value is -1.85. The number of fused-ring (bicyclic) bond motifs is 1. The van der Waals surface area contributed by atoms with Gasteiger partial charge in [0.15, 0.2) is 5.84 Å². The number of halogens is 1. The quantitative estimate of drug-likeness (QED) is 0.879. The molecule has 0 spiro atoms. The van der Waals surface area contributed by atoms with E-state index in [1.807, 2.05) is 0 Å². The summed E-state index contributed by atoms with van der Waals surface area (Å²) < 4.78 is 27.9. The van der Waals surface area contributed by atoms with Crippen LogP contribution in [0.15, 0.2) is 57.8 Å². The summed E-state index contributed by atoms with van der Waals surface area (Å²) in [6.07, 6.45) is 0. The van der Waals surface area contributed by atoms with E-state index in [9.17, 15) is 8.42 Å². The molecule has 19 heavy (non-hydrogen) atoms. The summed E-state index contributed by atoms with van der Waals surface area (Å²) in [6.45, 7) is 0. The predicted octanol–water partition coefficient (Wildman–Crippen LogP) is 2.90. The first-order chi connectivity index (χ1) is 9.06. The lowest BCUT2D eigenvalue weighted by atomic mass is 10.2. The molecule has 1 N–H and O–H groups in total. The molecule has 0 bridgehead atoms. The van der Waals surface area contributed by atoms with Gasteiger partial charge in [-0.2, -0.15) is 8.42 Å². The van der Waals surface area contributed by atoms with Crippen LogP contribution < -0.4 is 5.32 Å². The first-order valence-corrected chi connectivity index (χ1v) is 7.35. The largest absolute Gasteiger partial charge is 0.338 e. The van der Waals surface area contributed by atoms with Gasteiger partial charge in [-0.3, -0.25) is 0 Å². The summed E-state index contributed by atoms with van der Waals surface area (Å²) in [5.74, 6) is 0.301. The molecule has 1 aliphatic rings. The van der Waals surface area contributed by atoms with Gasteiger partial charge in [-0.25, -0.2) is 0 Å². The van der Waals surface area contributed by atoms with Crippen molar-refractivity contribution in [1.82, 2.24) is 0 Å². The number of anilines is 1. The smallest absolute Gasteiger partial charge is 0.286 e. The fourth-order valence-corrected chi connectivity index (χ4v) is 3.11. The highest BCUT2D eigenvalue weighted by atomic mass is 35.5. The minimum atomic E-state index is -3.66. The molecule has 2 aromatic carbocycles. The molecule has 1 heterocycles. The van der Waals surface area contributed by atoms with Crippen LogP contribution >= 0.6 is 11.6 Å². The monoisotopic (exact) mass is 292 g/mol. The number of hydrogen-bond donors (Lipinski definition) is 1. The van der Waals surface area contributed by atoms with Crippen molar-refractivity contribution >= 4 is 33.1 Å². The van der Waals surface area contributed by atoms with E-state index >= 15 is 0 Å². The van der Waals surface area contributed by atoms with Gasteiger partial charge in [0, 0.05) is 10.6 Å². The van der Waals surface area contributed by atoms with Gasteiger partial charge in [0.2, 0.25) is 0 Å². The fraction of sp³-hybridized carbons (Fsp3) is 0. The highest BCUT2D eigenvalue weighted by Gasteiger charge is 2.24. The highest BCUT2D eigenvalue weighted by Crippen LogP contribution is 2.28. The molecule has 0 amide bonds. The van der Waals surface area contributed by atoms with E-state index in [4.69, 9.17) is 11.6 Å². The van der Waals surface area contributed by atoms with Crippen molar-refractivity contribution in [1.29, 1.82) is 0 Å². The van der Waals surface area contributed by atoms with Gasteiger partial charge in [0.05, 0.1) is 5.69 Å². The molecule has 0 saturated carbocycles. The number of rotatable bonds is 1. The fourth-order valence-electron chi connectivity index (χ4n) is 1.85. The number of nitrogens with zero attached hydrogens (tertiary/aromatic N) is 1. The third kappa shape index (κ3) is 2.22. The Morgan fingerprint density at radius 3 is 2.42 bits per heavy atom. The molecule has 0 aromatic heterocycles. The van der Waals surface area contributed by atoms with Gasteiger partial charge in [-0.05, 0) is 36.4 Å². The second kappa shape index (κ2) is 4.36. The molecule has 6 heteroatoms. The van der Waals surface area contributed by atoms with Crippen molar-refractivity contribution < 1.29 is 8.42 Å². The van der Waals surface area contributed by atoms with Gasteiger partial charge < -0.3 is 5.32 Å². The average molecular weight is 293 g/mol. The summed E-state index contributed by atoms with van der Waals surface area (Å²) in [7, 11) is -3.66. The van der Waals surface area contributed by atoms with Crippen LogP contribution in [0.4, 0.5) is 5.69 Å². The van der Waals surface area contributed by atoms with Crippen LogP contribution in [-0.2, 0) is 10.0 Å². The molecule has 96 valence electrons. The van der Waals surface area contributed by atoms with Crippen LogP contribution in [-0.4, -0.2) is 14.3 Å².